The maximum Gasteiger partial charge on any atom is 0.0236 e. The summed E-state index contributed by atoms with van der Waals surface area (Å²) >= 11 is 0. The average Bonchev–Trinajstić information content (AvgIpc) is 2.39. The zero-order valence-electron chi connectivity index (χ0n) is 12.7. The largest absolute Gasteiger partial charge is 0.326 e. The van der Waals surface area contributed by atoms with Crippen LogP contribution in [0.3, 0.4) is 0 Å². The average molecular weight is 260 g/mol. The molecule has 19 heavy (non-hydrogen) atoms. The summed E-state index contributed by atoms with van der Waals surface area (Å²) in [6.07, 6.45) is 5.35. The standard InChI is InChI=1S/C17H28N2/c1-17(2)10-8-16(9-11-17)19(3)13-15-7-5-4-6-14(15)12-18/h4-7,16H,8-13,18H2,1-3H3. The van der Waals surface area contributed by atoms with E-state index in [-0.39, 0.29) is 0 Å². The maximum atomic E-state index is 5.82. The van der Waals surface area contributed by atoms with Gasteiger partial charge < -0.3 is 5.73 Å². The van der Waals surface area contributed by atoms with Gasteiger partial charge in [0.15, 0.2) is 0 Å². The Bertz CT molecular complexity index is 401. The van der Waals surface area contributed by atoms with Gasteiger partial charge in [-0.2, -0.15) is 0 Å². The molecule has 0 atom stereocenters. The molecule has 0 heterocycles. The zero-order chi connectivity index (χ0) is 13.9. The first-order valence-corrected chi connectivity index (χ1v) is 7.49. The lowest BCUT2D eigenvalue weighted by Gasteiger charge is -2.38. The minimum Gasteiger partial charge on any atom is -0.326 e. The van der Waals surface area contributed by atoms with Gasteiger partial charge in [-0.15, -0.1) is 0 Å². The van der Waals surface area contributed by atoms with Gasteiger partial charge in [0, 0.05) is 19.1 Å². The Hall–Kier alpha value is -0.860. The first-order valence-electron chi connectivity index (χ1n) is 7.49. The van der Waals surface area contributed by atoms with Crippen molar-refractivity contribution in [2.45, 2.75) is 58.7 Å². The number of rotatable bonds is 4. The molecule has 0 saturated heterocycles. The van der Waals surface area contributed by atoms with Crippen LogP contribution in [0.25, 0.3) is 0 Å². The first-order chi connectivity index (χ1) is 9.02. The molecule has 2 heteroatoms. The van der Waals surface area contributed by atoms with Gasteiger partial charge in [0.2, 0.25) is 0 Å². The minimum atomic E-state index is 0.548. The molecule has 1 aliphatic rings. The summed E-state index contributed by atoms with van der Waals surface area (Å²) in [5.74, 6) is 0. The molecule has 2 N–H and O–H groups in total. The molecule has 0 aromatic heterocycles. The lowest BCUT2D eigenvalue weighted by molar-refractivity contribution is 0.123. The third-order valence-electron chi connectivity index (χ3n) is 4.69. The van der Waals surface area contributed by atoms with Gasteiger partial charge in [-0.05, 0) is 49.3 Å². The summed E-state index contributed by atoms with van der Waals surface area (Å²) in [5, 5.41) is 0. The van der Waals surface area contributed by atoms with Crippen LogP contribution in [-0.2, 0) is 13.1 Å². The van der Waals surface area contributed by atoms with Crippen LogP contribution in [-0.4, -0.2) is 18.0 Å². The number of hydrogen-bond donors (Lipinski definition) is 1. The number of nitrogens with two attached hydrogens (primary N) is 1. The SMILES string of the molecule is CN(Cc1ccccc1CN)C1CCC(C)(C)CC1. The Balaban J connectivity index is 1.96. The second-order valence-corrected chi connectivity index (χ2v) is 6.78. The Kier molecular flexibility index (Phi) is 4.64. The van der Waals surface area contributed by atoms with Crippen LogP contribution in [0.1, 0.15) is 50.7 Å². The van der Waals surface area contributed by atoms with Gasteiger partial charge in [-0.3, -0.25) is 4.90 Å². The van der Waals surface area contributed by atoms with Crippen molar-refractivity contribution in [3.8, 4) is 0 Å². The summed E-state index contributed by atoms with van der Waals surface area (Å²) < 4.78 is 0. The third kappa shape index (κ3) is 3.80. The van der Waals surface area contributed by atoms with E-state index in [1.165, 1.54) is 36.8 Å². The molecule has 2 rings (SSSR count). The highest BCUT2D eigenvalue weighted by molar-refractivity contribution is 5.26. The fraction of sp³-hybridized carbons (Fsp3) is 0.647. The Morgan fingerprint density at radius 3 is 2.32 bits per heavy atom. The van der Waals surface area contributed by atoms with Crippen molar-refractivity contribution < 1.29 is 0 Å². The quantitative estimate of drug-likeness (QED) is 0.897. The predicted molar refractivity (Wildman–Crippen MR) is 81.8 cm³/mol. The highest BCUT2D eigenvalue weighted by atomic mass is 15.1. The monoisotopic (exact) mass is 260 g/mol. The van der Waals surface area contributed by atoms with Crippen LogP contribution < -0.4 is 5.73 Å². The molecule has 1 saturated carbocycles. The summed E-state index contributed by atoms with van der Waals surface area (Å²) in [4.78, 5) is 2.52. The van der Waals surface area contributed by atoms with Gasteiger partial charge in [0.25, 0.3) is 0 Å². The lowest BCUT2D eigenvalue weighted by atomic mass is 9.75. The maximum absolute atomic E-state index is 5.82. The van der Waals surface area contributed by atoms with E-state index in [0.29, 0.717) is 12.0 Å². The van der Waals surface area contributed by atoms with Crippen LogP contribution in [0, 0.1) is 5.41 Å². The van der Waals surface area contributed by atoms with Crippen molar-refractivity contribution >= 4 is 0 Å². The molecule has 0 unspecified atom stereocenters. The zero-order valence-corrected chi connectivity index (χ0v) is 12.7. The molecular weight excluding hydrogens is 232 g/mol. The summed E-state index contributed by atoms with van der Waals surface area (Å²) in [7, 11) is 2.26. The summed E-state index contributed by atoms with van der Waals surface area (Å²) in [6, 6.07) is 9.29. The molecular formula is C17H28N2. The number of benzene rings is 1. The highest BCUT2D eigenvalue weighted by Gasteiger charge is 2.28. The van der Waals surface area contributed by atoms with E-state index in [1.54, 1.807) is 0 Å². The van der Waals surface area contributed by atoms with E-state index in [1.807, 2.05) is 0 Å². The van der Waals surface area contributed by atoms with Crippen LogP contribution in [0.2, 0.25) is 0 Å². The minimum absolute atomic E-state index is 0.548. The number of hydrogen-bond acceptors (Lipinski definition) is 2. The topological polar surface area (TPSA) is 29.3 Å². The second kappa shape index (κ2) is 6.06. The van der Waals surface area contributed by atoms with Crippen molar-refractivity contribution in [2.75, 3.05) is 7.05 Å². The van der Waals surface area contributed by atoms with Gasteiger partial charge in [-0.25, -0.2) is 0 Å². The molecule has 0 aliphatic heterocycles. The predicted octanol–water partition coefficient (Wildman–Crippen LogP) is 3.55. The first kappa shape index (κ1) is 14.5. The Morgan fingerprint density at radius 1 is 1.16 bits per heavy atom. The van der Waals surface area contributed by atoms with E-state index in [9.17, 15) is 0 Å². The normalized spacial score (nSPS) is 19.8. The Morgan fingerprint density at radius 2 is 1.74 bits per heavy atom. The molecule has 0 radical (unpaired) electrons. The van der Waals surface area contributed by atoms with Crippen LogP contribution >= 0.6 is 0 Å². The van der Waals surface area contributed by atoms with Crippen LogP contribution in [0.5, 0.6) is 0 Å². The van der Waals surface area contributed by atoms with E-state index in [4.69, 9.17) is 5.73 Å². The fourth-order valence-electron chi connectivity index (χ4n) is 3.13. The van der Waals surface area contributed by atoms with Gasteiger partial charge in [0.1, 0.15) is 0 Å². The summed E-state index contributed by atoms with van der Waals surface area (Å²) in [5.41, 5.74) is 9.04. The Labute approximate surface area is 118 Å². The molecule has 0 bridgehead atoms. The van der Waals surface area contributed by atoms with Crippen LogP contribution in [0.15, 0.2) is 24.3 Å². The highest BCUT2D eigenvalue weighted by Crippen LogP contribution is 2.36. The molecule has 1 fully saturated rings. The molecule has 2 nitrogen and oxygen atoms in total. The van der Waals surface area contributed by atoms with Gasteiger partial charge in [-0.1, -0.05) is 38.1 Å². The molecule has 0 spiro atoms. The molecule has 1 aliphatic carbocycles. The van der Waals surface area contributed by atoms with E-state index in [2.05, 4.69) is 50.1 Å². The molecule has 1 aromatic carbocycles. The van der Waals surface area contributed by atoms with Gasteiger partial charge in [0.05, 0.1) is 0 Å². The molecule has 0 amide bonds. The molecule has 1 aromatic rings. The van der Waals surface area contributed by atoms with Crippen molar-refractivity contribution in [3.05, 3.63) is 35.4 Å². The van der Waals surface area contributed by atoms with Crippen molar-refractivity contribution in [1.82, 2.24) is 4.90 Å². The van der Waals surface area contributed by atoms with Crippen LogP contribution in [0.4, 0.5) is 0 Å². The molecule has 106 valence electrons. The van der Waals surface area contributed by atoms with E-state index in [0.717, 1.165) is 12.6 Å². The van der Waals surface area contributed by atoms with Crippen molar-refractivity contribution in [3.63, 3.8) is 0 Å². The van der Waals surface area contributed by atoms with E-state index >= 15 is 0 Å². The smallest absolute Gasteiger partial charge is 0.0236 e. The van der Waals surface area contributed by atoms with Crippen molar-refractivity contribution in [2.24, 2.45) is 11.1 Å². The third-order valence-corrected chi connectivity index (χ3v) is 4.69. The summed E-state index contributed by atoms with van der Waals surface area (Å²) in [6.45, 7) is 6.46. The lowest BCUT2D eigenvalue weighted by Crippen LogP contribution is -2.37. The van der Waals surface area contributed by atoms with Crippen molar-refractivity contribution in [1.29, 1.82) is 0 Å². The fourth-order valence-corrected chi connectivity index (χ4v) is 3.13. The second-order valence-electron chi connectivity index (χ2n) is 6.78. The van der Waals surface area contributed by atoms with Gasteiger partial charge >= 0.3 is 0 Å². The van der Waals surface area contributed by atoms with E-state index < -0.39 is 0 Å². The number of nitrogens with zero attached hydrogens (tertiary/aromatic N) is 1.